The average Bonchev–Trinajstić information content (AvgIpc) is 3.35. The van der Waals surface area contributed by atoms with Crippen molar-refractivity contribution in [2.75, 3.05) is 63.8 Å². The standard InChI is InChI=1S/C28H33N3O5/c1-34-23-9-8-22-21(28(23)35-2)12-16-31(22)25-24(26(32)27(25)33)29-13-17-30-14-10-19(11-15-30)18-36-20-6-4-3-5-7-20/h3-9,19,29H,10-18H2,1-2H3. The molecule has 3 aromatic carbocycles. The molecule has 3 aromatic rings. The number of likely N-dealkylation sites (tertiary alicyclic amines) is 1. The predicted octanol–water partition coefficient (Wildman–Crippen LogP) is 3.20. The van der Waals surface area contributed by atoms with Crippen LogP contribution in [0.25, 0.3) is 0 Å². The fourth-order valence-electron chi connectivity index (χ4n) is 5.30. The molecule has 0 atom stereocenters. The summed E-state index contributed by atoms with van der Waals surface area (Å²) in [6.07, 6.45) is 2.90. The summed E-state index contributed by atoms with van der Waals surface area (Å²) in [5.74, 6) is 2.83. The van der Waals surface area contributed by atoms with E-state index in [0.29, 0.717) is 41.9 Å². The van der Waals surface area contributed by atoms with Crippen molar-refractivity contribution in [2.24, 2.45) is 5.92 Å². The van der Waals surface area contributed by atoms with E-state index in [4.69, 9.17) is 14.2 Å². The Bertz CT molecular complexity index is 1260. The van der Waals surface area contributed by atoms with Gasteiger partial charge in [0.05, 0.1) is 20.8 Å². The van der Waals surface area contributed by atoms with E-state index in [0.717, 1.165) is 62.5 Å². The van der Waals surface area contributed by atoms with Crippen molar-refractivity contribution >= 4 is 17.1 Å². The topological polar surface area (TPSA) is 80.3 Å². The van der Waals surface area contributed by atoms with Crippen molar-refractivity contribution in [1.82, 2.24) is 4.90 Å². The maximum atomic E-state index is 12.5. The molecule has 190 valence electrons. The molecule has 0 aliphatic carbocycles. The molecule has 8 heteroatoms. The SMILES string of the molecule is COc1ccc2c(c1OC)CCN2c1c(NCCN2CCC(COc3ccccc3)CC2)c(=O)c1=O. The van der Waals surface area contributed by atoms with Gasteiger partial charge >= 0.3 is 0 Å². The number of nitrogens with zero attached hydrogens (tertiary/aromatic N) is 2. The fourth-order valence-corrected chi connectivity index (χ4v) is 5.30. The van der Waals surface area contributed by atoms with Crippen molar-refractivity contribution in [3.05, 3.63) is 68.5 Å². The first kappa shape index (κ1) is 24.2. The maximum absolute atomic E-state index is 12.5. The van der Waals surface area contributed by atoms with Crippen molar-refractivity contribution < 1.29 is 14.2 Å². The Balaban J connectivity index is 1.15. The van der Waals surface area contributed by atoms with E-state index < -0.39 is 10.9 Å². The highest BCUT2D eigenvalue weighted by Crippen LogP contribution is 2.44. The molecule has 1 fully saturated rings. The van der Waals surface area contributed by atoms with E-state index in [1.165, 1.54) is 0 Å². The second-order valence-corrected chi connectivity index (χ2v) is 9.42. The summed E-state index contributed by atoms with van der Waals surface area (Å²) in [4.78, 5) is 29.3. The summed E-state index contributed by atoms with van der Waals surface area (Å²) in [7, 11) is 3.22. The molecule has 36 heavy (non-hydrogen) atoms. The molecule has 8 nitrogen and oxygen atoms in total. The summed E-state index contributed by atoms with van der Waals surface area (Å²) in [5.41, 5.74) is 1.91. The third kappa shape index (κ3) is 4.65. The lowest BCUT2D eigenvalue weighted by molar-refractivity contribution is 0.144. The van der Waals surface area contributed by atoms with Crippen LogP contribution >= 0.6 is 0 Å². The van der Waals surface area contributed by atoms with Gasteiger partial charge in [0.2, 0.25) is 0 Å². The number of nitrogens with one attached hydrogen (secondary N) is 1. The Morgan fingerprint density at radius 1 is 0.944 bits per heavy atom. The van der Waals surface area contributed by atoms with E-state index in [1.54, 1.807) is 14.2 Å². The second kappa shape index (κ2) is 10.6. The lowest BCUT2D eigenvalue weighted by atomic mass is 9.98. The van der Waals surface area contributed by atoms with Crippen LogP contribution in [0, 0.1) is 5.92 Å². The Morgan fingerprint density at radius 2 is 1.72 bits per heavy atom. The van der Waals surface area contributed by atoms with Gasteiger partial charge in [0.1, 0.15) is 17.1 Å². The van der Waals surface area contributed by atoms with Crippen molar-refractivity contribution in [3.63, 3.8) is 0 Å². The first-order valence-electron chi connectivity index (χ1n) is 12.6. The average molecular weight is 492 g/mol. The lowest BCUT2D eigenvalue weighted by Gasteiger charge is -2.32. The zero-order chi connectivity index (χ0) is 25.1. The van der Waals surface area contributed by atoms with E-state index in [1.807, 2.05) is 47.4 Å². The summed E-state index contributed by atoms with van der Waals surface area (Å²) in [6.45, 7) is 4.82. The van der Waals surface area contributed by atoms with E-state index in [2.05, 4.69) is 10.2 Å². The van der Waals surface area contributed by atoms with Crippen LogP contribution in [0.5, 0.6) is 17.2 Å². The van der Waals surface area contributed by atoms with Gasteiger partial charge in [-0.25, -0.2) is 0 Å². The minimum absolute atomic E-state index is 0.425. The van der Waals surface area contributed by atoms with Gasteiger partial charge in [-0.2, -0.15) is 0 Å². The second-order valence-electron chi connectivity index (χ2n) is 9.42. The van der Waals surface area contributed by atoms with Crippen LogP contribution in [0.15, 0.2) is 52.1 Å². The largest absolute Gasteiger partial charge is 0.493 e. The van der Waals surface area contributed by atoms with Gasteiger partial charge < -0.3 is 29.3 Å². The molecular weight excluding hydrogens is 458 g/mol. The minimum Gasteiger partial charge on any atom is -0.493 e. The van der Waals surface area contributed by atoms with Gasteiger partial charge in [-0.3, -0.25) is 9.59 Å². The number of para-hydroxylation sites is 1. The summed E-state index contributed by atoms with van der Waals surface area (Å²) in [6, 6.07) is 13.7. The fraction of sp³-hybridized carbons (Fsp3) is 0.429. The van der Waals surface area contributed by atoms with Gasteiger partial charge in [-0.1, -0.05) is 18.2 Å². The number of hydrogen-bond acceptors (Lipinski definition) is 8. The zero-order valence-electron chi connectivity index (χ0n) is 20.9. The van der Waals surface area contributed by atoms with Gasteiger partial charge in [0, 0.05) is 30.9 Å². The van der Waals surface area contributed by atoms with Crippen LogP contribution in [0.4, 0.5) is 17.1 Å². The molecule has 0 radical (unpaired) electrons. The molecule has 0 bridgehead atoms. The van der Waals surface area contributed by atoms with E-state index in [9.17, 15) is 9.59 Å². The molecule has 5 rings (SSSR count). The molecular formula is C28H33N3O5. The normalized spacial score (nSPS) is 16.2. The van der Waals surface area contributed by atoms with Crippen LogP contribution < -0.4 is 35.3 Å². The quantitative estimate of drug-likeness (QED) is 0.433. The molecule has 0 aromatic heterocycles. The lowest BCUT2D eigenvalue weighted by Crippen LogP contribution is -2.42. The number of fused-ring (bicyclic) bond motifs is 1. The first-order valence-corrected chi connectivity index (χ1v) is 12.6. The van der Waals surface area contributed by atoms with Gasteiger partial charge in [-0.15, -0.1) is 0 Å². The third-order valence-corrected chi connectivity index (χ3v) is 7.32. The maximum Gasteiger partial charge on any atom is 0.253 e. The number of piperidine rings is 1. The molecule has 1 N–H and O–H groups in total. The molecule has 0 amide bonds. The molecule has 0 unspecified atom stereocenters. The van der Waals surface area contributed by atoms with Crippen molar-refractivity contribution in [3.8, 4) is 17.2 Å². The summed E-state index contributed by atoms with van der Waals surface area (Å²) >= 11 is 0. The van der Waals surface area contributed by atoms with Crippen LogP contribution in [-0.2, 0) is 6.42 Å². The highest BCUT2D eigenvalue weighted by Gasteiger charge is 2.33. The Labute approximate surface area is 211 Å². The number of benzene rings is 2. The molecule has 2 heterocycles. The van der Waals surface area contributed by atoms with Gasteiger partial charge in [0.25, 0.3) is 10.9 Å². The van der Waals surface area contributed by atoms with Gasteiger partial charge in [-0.05, 0) is 62.5 Å². The van der Waals surface area contributed by atoms with E-state index in [-0.39, 0.29) is 0 Å². The van der Waals surface area contributed by atoms with Crippen LogP contribution in [0.2, 0.25) is 0 Å². The summed E-state index contributed by atoms with van der Waals surface area (Å²) < 4.78 is 16.9. The summed E-state index contributed by atoms with van der Waals surface area (Å²) in [5, 5.41) is 3.26. The van der Waals surface area contributed by atoms with Crippen molar-refractivity contribution in [1.29, 1.82) is 0 Å². The third-order valence-electron chi connectivity index (χ3n) is 7.32. The Hall–Kier alpha value is -3.52. The van der Waals surface area contributed by atoms with Crippen molar-refractivity contribution in [2.45, 2.75) is 19.3 Å². The molecule has 0 saturated carbocycles. The van der Waals surface area contributed by atoms with Crippen LogP contribution in [0.3, 0.4) is 0 Å². The number of hydrogen-bond donors (Lipinski definition) is 1. The smallest absolute Gasteiger partial charge is 0.253 e. The van der Waals surface area contributed by atoms with Crippen LogP contribution in [-0.4, -0.2) is 58.5 Å². The molecule has 2 aliphatic rings. The highest BCUT2D eigenvalue weighted by molar-refractivity contribution is 5.84. The molecule has 2 aliphatic heterocycles. The number of methoxy groups -OCH3 is 2. The van der Waals surface area contributed by atoms with Gasteiger partial charge in [0.15, 0.2) is 11.5 Å². The Morgan fingerprint density at radius 3 is 2.44 bits per heavy atom. The van der Waals surface area contributed by atoms with Crippen LogP contribution in [0.1, 0.15) is 18.4 Å². The number of ether oxygens (including phenoxy) is 3. The van der Waals surface area contributed by atoms with E-state index >= 15 is 0 Å². The highest BCUT2D eigenvalue weighted by atomic mass is 16.5. The monoisotopic (exact) mass is 491 g/mol. The first-order chi connectivity index (χ1) is 17.6. The predicted molar refractivity (Wildman–Crippen MR) is 141 cm³/mol. The minimum atomic E-state index is -0.435. The zero-order valence-corrected chi connectivity index (χ0v) is 20.9. The Kier molecular flexibility index (Phi) is 7.13. The molecule has 1 saturated heterocycles. The number of anilines is 3. The molecule has 0 spiro atoms. The number of rotatable bonds is 10.